The molecule has 0 aliphatic carbocycles. The van der Waals surface area contributed by atoms with E-state index in [9.17, 15) is 9.90 Å². The van der Waals surface area contributed by atoms with E-state index in [-0.39, 0.29) is 18.9 Å². The van der Waals surface area contributed by atoms with E-state index in [0.29, 0.717) is 73.9 Å². The van der Waals surface area contributed by atoms with Gasteiger partial charge in [-0.2, -0.15) is 4.37 Å². The number of fused-ring (bicyclic) bond motifs is 1. The van der Waals surface area contributed by atoms with Crippen molar-refractivity contribution in [2.45, 2.75) is 32.7 Å². The number of aliphatic carboxylic acids is 1. The standard InChI is InChI=1S/C49H49ClN6O7S/c1-31-37(16-17-40(45(31)50)61-25-24-56-22-20-55(2)21-23-56)43-44-42(28-52-46(43)33-12-9-13-36(26-33)60-4)64-54-48(44)63-41(49(57)58)27-32-10-6-8-15-39(32)62-30-35-18-19-51-47(53-35)38-14-7-5-11-34(38)29-59-3/h5-19,26,28,41H,20-25,27,29-30H2,1-4H3,(H,57,58). The van der Waals surface area contributed by atoms with Crippen LogP contribution in [-0.4, -0.2) is 107 Å². The summed E-state index contributed by atoms with van der Waals surface area (Å²) in [5.74, 6) is 1.30. The average Bonchev–Trinajstić information content (AvgIpc) is 3.73. The van der Waals surface area contributed by atoms with Crippen LogP contribution < -0.4 is 18.9 Å². The minimum atomic E-state index is -1.33. The van der Waals surface area contributed by atoms with Crippen molar-refractivity contribution in [3.05, 3.63) is 131 Å². The summed E-state index contributed by atoms with van der Waals surface area (Å²) in [6.07, 6.45) is 2.08. The number of ether oxygens (including phenoxy) is 5. The largest absolute Gasteiger partial charge is 0.497 e. The molecule has 0 radical (unpaired) electrons. The molecule has 1 saturated heterocycles. The zero-order valence-corrected chi connectivity index (χ0v) is 37.7. The second-order valence-electron chi connectivity index (χ2n) is 15.5. The number of nitrogens with zero attached hydrogens (tertiary/aromatic N) is 6. The van der Waals surface area contributed by atoms with Crippen molar-refractivity contribution in [3.8, 4) is 56.9 Å². The number of carboxylic acid groups (broad SMARTS) is 1. The van der Waals surface area contributed by atoms with Crippen LogP contribution in [0.5, 0.6) is 23.1 Å². The average molecular weight is 901 g/mol. The number of carbonyl (C=O) groups is 1. The summed E-state index contributed by atoms with van der Waals surface area (Å²) in [5.41, 5.74) is 6.78. The third kappa shape index (κ3) is 10.1. The first-order valence-corrected chi connectivity index (χ1v) is 22.1. The van der Waals surface area contributed by atoms with E-state index in [0.717, 1.165) is 60.5 Å². The van der Waals surface area contributed by atoms with Crippen LogP contribution in [-0.2, 0) is 29.2 Å². The SMILES string of the molecule is COCc1ccccc1-c1nccc(COc2ccccc2CC(Oc2nsc3cnc(-c4cccc(OC)c4)c(-c4ccc(OCCN5CCN(C)CC5)c(Cl)c4C)c23)C(=O)O)n1. The highest BCUT2D eigenvalue weighted by atomic mass is 35.5. The smallest absolute Gasteiger partial charge is 0.345 e. The molecule has 1 atom stereocenters. The molecule has 1 aliphatic rings. The minimum Gasteiger partial charge on any atom is -0.497 e. The Morgan fingerprint density at radius 3 is 2.47 bits per heavy atom. The maximum Gasteiger partial charge on any atom is 0.345 e. The highest BCUT2D eigenvalue weighted by molar-refractivity contribution is 7.13. The fourth-order valence-corrected chi connectivity index (χ4v) is 8.66. The van der Waals surface area contributed by atoms with Crippen molar-refractivity contribution >= 4 is 39.2 Å². The molecule has 64 heavy (non-hydrogen) atoms. The number of rotatable bonds is 18. The van der Waals surface area contributed by atoms with Crippen LogP contribution in [0.4, 0.5) is 0 Å². The van der Waals surface area contributed by atoms with Crippen LogP contribution in [0.25, 0.3) is 43.9 Å². The normalized spacial score (nSPS) is 13.8. The maximum absolute atomic E-state index is 13.1. The molecule has 13 nitrogen and oxygen atoms in total. The molecule has 3 aromatic heterocycles. The molecule has 1 unspecified atom stereocenters. The summed E-state index contributed by atoms with van der Waals surface area (Å²) in [6, 6.07) is 28.4. The van der Waals surface area contributed by atoms with Crippen molar-refractivity contribution in [1.82, 2.24) is 29.1 Å². The quantitative estimate of drug-likeness (QED) is 0.0878. The Labute approximate surface area is 381 Å². The fraction of sp³-hybridized carbons (Fsp3) is 0.286. The zero-order chi connectivity index (χ0) is 44.6. The molecule has 330 valence electrons. The van der Waals surface area contributed by atoms with Crippen LogP contribution in [0.15, 0.2) is 103 Å². The number of halogens is 1. The van der Waals surface area contributed by atoms with E-state index >= 15 is 0 Å². The summed E-state index contributed by atoms with van der Waals surface area (Å²) in [4.78, 5) is 32.0. The third-order valence-corrected chi connectivity index (χ3v) is 12.5. The molecule has 4 heterocycles. The molecular formula is C49H49ClN6O7S. The van der Waals surface area contributed by atoms with Gasteiger partial charge in [0.05, 0.1) is 40.2 Å². The highest BCUT2D eigenvalue weighted by Crippen LogP contribution is 2.46. The zero-order valence-electron chi connectivity index (χ0n) is 36.1. The van der Waals surface area contributed by atoms with Gasteiger partial charge in [-0.15, -0.1) is 0 Å². The molecule has 7 aromatic rings. The van der Waals surface area contributed by atoms with Crippen molar-refractivity contribution in [3.63, 3.8) is 0 Å². The molecule has 8 rings (SSSR count). The van der Waals surface area contributed by atoms with Crippen LogP contribution in [0, 0.1) is 6.92 Å². The first-order valence-electron chi connectivity index (χ1n) is 21.0. The number of likely N-dealkylation sites (N-methyl/N-ethyl adjacent to an activating group) is 1. The molecule has 0 amide bonds. The van der Waals surface area contributed by atoms with Crippen LogP contribution in [0.2, 0.25) is 5.02 Å². The predicted octanol–water partition coefficient (Wildman–Crippen LogP) is 8.88. The summed E-state index contributed by atoms with van der Waals surface area (Å²) in [7, 11) is 5.40. The number of aromatic nitrogens is 4. The lowest BCUT2D eigenvalue weighted by Crippen LogP contribution is -2.45. The number of methoxy groups -OCH3 is 2. The van der Waals surface area contributed by atoms with Crippen molar-refractivity contribution in [2.24, 2.45) is 0 Å². The molecule has 1 aliphatic heterocycles. The molecule has 1 N–H and O–H groups in total. The third-order valence-electron chi connectivity index (χ3n) is 11.3. The van der Waals surface area contributed by atoms with Gasteiger partial charge in [0, 0.05) is 75.3 Å². The number of benzene rings is 4. The molecular weight excluding hydrogens is 852 g/mol. The predicted molar refractivity (Wildman–Crippen MR) is 249 cm³/mol. The highest BCUT2D eigenvalue weighted by Gasteiger charge is 2.28. The van der Waals surface area contributed by atoms with Gasteiger partial charge in [0.1, 0.15) is 30.5 Å². The lowest BCUT2D eigenvalue weighted by molar-refractivity contribution is -0.145. The van der Waals surface area contributed by atoms with Gasteiger partial charge in [0.25, 0.3) is 0 Å². The van der Waals surface area contributed by atoms with Gasteiger partial charge in [-0.1, -0.05) is 72.3 Å². The second-order valence-corrected chi connectivity index (χ2v) is 16.7. The lowest BCUT2D eigenvalue weighted by Gasteiger charge is -2.32. The van der Waals surface area contributed by atoms with Crippen molar-refractivity contribution < 1.29 is 33.6 Å². The van der Waals surface area contributed by atoms with Crippen LogP contribution in [0.3, 0.4) is 0 Å². The molecule has 0 saturated carbocycles. The maximum atomic E-state index is 13.1. The topological polar surface area (TPSA) is 141 Å². The van der Waals surface area contributed by atoms with Gasteiger partial charge in [-0.25, -0.2) is 14.8 Å². The van der Waals surface area contributed by atoms with E-state index < -0.39 is 12.1 Å². The Bertz CT molecular complexity index is 2740. The van der Waals surface area contributed by atoms with E-state index in [1.165, 1.54) is 11.5 Å². The van der Waals surface area contributed by atoms with E-state index in [4.69, 9.17) is 49.6 Å². The Balaban J connectivity index is 1.09. The molecule has 1 fully saturated rings. The second kappa shape index (κ2) is 20.6. The summed E-state index contributed by atoms with van der Waals surface area (Å²) in [6.45, 7) is 7.83. The number of hydrogen-bond donors (Lipinski definition) is 1. The van der Waals surface area contributed by atoms with Crippen LogP contribution >= 0.6 is 23.1 Å². The minimum absolute atomic E-state index is 0.0158. The number of piperazine rings is 1. The summed E-state index contributed by atoms with van der Waals surface area (Å²) >= 11 is 8.30. The Hall–Kier alpha value is -6.16. The summed E-state index contributed by atoms with van der Waals surface area (Å²) < 4.78 is 35.4. The van der Waals surface area contributed by atoms with Gasteiger partial charge >= 0.3 is 5.97 Å². The molecule has 0 spiro atoms. The summed E-state index contributed by atoms with van der Waals surface area (Å²) in [5, 5.41) is 11.8. The Morgan fingerprint density at radius 2 is 1.67 bits per heavy atom. The Morgan fingerprint density at radius 1 is 0.875 bits per heavy atom. The van der Waals surface area contributed by atoms with Crippen molar-refractivity contribution in [1.29, 1.82) is 0 Å². The number of carboxylic acids is 1. The lowest BCUT2D eigenvalue weighted by atomic mass is 9.93. The van der Waals surface area contributed by atoms with Gasteiger partial charge in [0.2, 0.25) is 12.0 Å². The fourth-order valence-electron chi connectivity index (χ4n) is 7.75. The van der Waals surface area contributed by atoms with Gasteiger partial charge in [-0.05, 0) is 78.1 Å². The molecule has 4 aromatic carbocycles. The number of pyridine rings is 1. The van der Waals surface area contributed by atoms with Gasteiger partial charge in [-0.3, -0.25) is 9.88 Å². The van der Waals surface area contributed by atoms with Crippen LogP contribution in [0.1, 0.15) is 22.4 Å². The molecule has 15 heteroatoms. The first kappa shape index (κ1) is 44.4. The first-order chi connectivity index (χ1) is 31.2. The number of hydrogen-bond acceptors (Lipinski definition) is 13. The van der Waals surface area contributed by atoms with Gasteiger partial charge in [0.15, 0.2) is 5.82 Å². The molecule has 0 bridgehead atoms. The number of para-hydroxylation sites is 1. The van der Waals surface area contributed by atoms with Gasteiger partial charge < -0.3 is 33.7 Å². The van der Waals surface area contributed by atoms with E-state index in [2.05, 4.69) is 21.8 Å². The van der Waals surface area contributed by atoms with E-state index in [1.54, 1.807) is 38.7 Å². The monoisotopic (exact) mass is 900 g/mol. The van der Waals surface area contributed by atoms with E-state index in [1.807, 2.05) is 85.8 Å². The Kier molecular flexibility index (Phi) is 14.3. The van der Waals surface area contributed by atoms with Crippen molar-refractivity contribution in [2.75, 3.05) is 60.6 Å².